The summed E-state index contributed by atoms with van der Waals surface area (Å²) in [6, 6.07) is 0. The van der Waals surface area contributed by atoms with E-state index in [-0.39, 0.29) is 11.7 Å². The van der Waals surface area contributed by atoms with Crippen molar-refractivity contribution in [2.45, 2.75) is 32.7 Å². The number of hydrogen-bond donors (Lipinski definition) is 1. The molecule has 1 fully saturated rings. The number of hydrogen-bond acceptors (Lipinski definition) is 3. The topological polar surface area (TPSA) is 46.9 Å². The van der Waals surface area contributed by atoms with Crippen molar-refractivity contribution < 1.29 is 4.79 Å². The number of aromatic nitrogens is 2. The zero-order valence-corrected chi connectivity index (χ0v) is 9.78. The molecule has 88 valence electrons. The maximum atomic E-state index is 12.1. The molecule has 1 aromatic rings. The SMILES string of the molecule is CCCn1cc(C(=O)C2CCNCC2)cn1. The molecule has 0 amide bonds. The largest absolute Gasteiger partial charge is 0.317 e. The van der Waals surface area contributed by atoms with Gasteiger partial charge in [-0.1, -0.05) is 6.92 Å². The lowest BCUT2D eigenvalue weighted by atomic mass is 9.91. The van der Waals surface area contributed by atoms with E-state index in [0.717, 1.165) is 44.5 Å². The molecule has 0 radical (unpaired) electrons. The second-order valence-electron chi connectivity index (χ2n) is 4.38. The van der Waals surface area contributed by atoms with Crippen LogP contribution in [0.4, 0.5) is 0 Å². The van der Waals surface area contributed by atoms with E-state index in [1.54, 1.807) is 6.20 Å². The number of nitrogens with one attached hydrogen (secondary N) is 1. The standard InChI is InChI=1S/C12H19N3O/c1-2-7-15-9-11(8-14-15)12(16)10-3-5-13-6-4-10/h8-10,13H,2-7H2,1H3. The van der Waals surface area contributed by atoms with Crippen molar-refractivity contribution in [3.8, 4) is 0 Å². The predicted octanol–water partition coefficient (Wildman–Crippen LogP) is 1.48. The van der Waals surface area contributed by atoms with Gasteiger partial charge in [0.05, 0.1) is 11.8 Å². The molecular formula is C12H19N3O. The molecule has 0 spiro atoms. The predicted molar refractivity (Wildman–Crippen MR) is 62.4 cm³/mol. The average molecular weight is 221 g/mol. The third-order valence-electron chi connectivity index (χ3n) is 3.08. The molecule has 1 aromatic heterocycles. The van der Waals surface area contributed by atoms with Gasteiger partial charge in [-0.25, -0.2) is 0 Å². The summed E-state index contributed by atoms with van der Waals surface area (Å²) in [7, 11) is 0. The van der Waals surface area contributed by atoms with Gasteiger partial charge < -0.3 is 5.32 Å². The van der Waals surface area contributed by atoms with Crippen LogP contribution in [0.3, 0.4) is 0 Å². The van der Waals surface area contributed by atoms with E-state index < -0.39 is 0 Å². The molecule has 0 saturated carbocycles. The quantitative estimate of drug-likeness (QED) is 0.783. The molecule has 1 N–H and O–H groups in total. The Bertz CT molecular complexity index is 353. The molecule has 0 aliphatic carbocycles. The fourth-order valence-electron chi connectivity index (χ4n) is 2.16. The minimum atomic E-state index is 0.195. The molecular weight excluding hydrogens is 202 g/mol. The van der Waals surface area contributed by atoms with Crippen LogP contribution in [0.25, 0.3) is 0 Å². The van der Waals surface area contributed by atoms with Crippen LogP contribution in [0.15, 0.2) is 12.4 Å². The minimum Gasteiger partial charge on any atom is -0.317 e. The number of nitrogens with zero attached hydrogens (tertiary/aromatic N) is 2. The van der Waals surface area contributed by atoms with Gasteiger partial charge in [-0.15, -0.1) is 0 Å². The van der Waals surface area contributed by atoms with Crippen LogP contribution in [-0.2, 0) is 6.54 Å². The fourth-order valence-corrected chi connectivity index (χ4v) is 2.16. The highest BCUT2D eigenvalue weighted by Gasteiger charge is 2.22. The molecule has 0 aromatic carbocycles. The van der Waals surface area contributed by atoms with Crippen molar-refractivity contribution in [2.75, 3.05) is 13.1 Å². The lowest BCUT2D eigenvalue weighted by Gasteiger charge is -2.20. The van der Waals surface area contributed by atoms with Gasteiger partial charge >= 0.3 is 0 Å². The van der Waals surface area contributed by atoms with E-state index >= 15 is 0 Å². The lowest BCUT2D eigenvalue weighted by molar-refractivity contribution is 0.0895. The normalized spacial score (nSPS) is 17.6. The molecule has 2 rings (SSSR count). The van der Waals surface area contributed by atoms with Crippen LogP contribution in [0.2, 0.25) is 0 Å². The van der Waals surface area contributed by atoms with Crippen LogP contribution in [0.5, 0.6) is 0 Å². The van der Waals surface area contributed by atoms with Crippen molar-refractivity contribution in [3.63, 3.8) is 0 Å². The number of carbonyl (C=O) groups is 1. The zero-order valence-electron chi connectivity index (χ0n) is 9.78. The molecule has 0 unspecified atom stereocenters. The highest BCUT2D eigenvalue weighted by atomic mass is 16.1. The van der Waals surface area contributed by atoms with Crippen LogP contribution < -0.4 is 5.32 Å². The molecule has 2 heterocycles. The number of Topliss-reactive ketones (excluding diaryl/α,β-unsaturated/α-hetero) is 1. The Kier molecular flexibility index (Phi) is 3.72. The van der Waals surface area contributed by atoms with E-state index in [4.69, 9.17) is 0 Å². The van der Waals surface area contributed by atoms with Gasteiger partial charge in [0.1, 0.15) is 0 Å². The summed E-state index contributed by atoms with van der Waals surface area (Å²) in [6.07, 6.45) is 6.55. The van der Waals surface area contributed by atoms with Gasteiger partial charge in [0, 0.05) is 18.7 Å². The van der Waals surface area contributed by atoms with Crippen LogP contribution in [-0.4, -0.2) is 28.7 Å². The monoisotopic (exact) mass is 221 g/mol. The Morgan fingerprint density at radius 1 is 1.56 bits per heavy atom. The second-order valence-corrected chi connectivity index (χ2v) is 4.38. The van der Waals surface area contributed by atoms with Crippen molar-refractivity contribution >= 4 is 5.78 Å². The second kappa shape index (κ2) is 5.25. The summed E-state index contributed by atoms with van der Waals surface area (Å²) in [5.41, 5.74) is 0.778. The van der Waals surface area contributed by atoms with Crippen LogP contribution >= 0.6 is 0 Å². The number of piperidine rings is 1. The van der Waals surface area contributed by atoms with Gasteiger partial charge in [0.15, 0.2) is 5.78 Å². The minimum absolute atomic E-state index is 0.195. The molecule has 4 heteroatoms. The van der Waals surface area contributed by atoms with Crippen molar-refractivity contribution in [1.29, 1.82) is 0 Å². The van der Waals surface area contributed by atoms with Gasteiger partial charge in [-0.05, 0) is 32.4 Å². The summed E-state index contributed by atoms with van der Waals surface area (Å²) in [4.78, 5) is 12.1. The summed E-state index contributed by atoms with van der Waals surface area (Å²) in [6.45, 7) is 4.91. The molecule has 0 atom stereocenters. The molecule has 1 saturated heterocycles. The van der Waals surface area contributed by atoms with E-state index in [2.05, 4.69) is 17.3 Å². The Hall–Kier alpha value is -1.16. The smallest absolute Gasteiger partial charge is 0.169 e. The molecule has 1 aliphatic rings. The number of carbonyl (C=O) groups excluding carboxylic acids is 1. The maximum Gasteiger partial charge on any atom is 0.169 e. The first-order valence-corrected chi connectivity index (χ1v) is 6.08. The summed E-state index contributed by atoms with van der Waals surface area (Å²) < 4.78 is 1.86. The molecule has 0 bridgehead atoms. The van der Waals surface area contributed by atoms with Crippen molar-refractivity contribution in [1.82, 2.24) is 15.1 Å². The van der Waals surface area contributed by atoms with Crippen LogP contribution in [0, 0.1) is 5.92 Å². The summed E-state index contributed by atoms with van der Waals surface area (Å²) in [5, 5.41) is 7.48. The van der Waals surface area contributed by atoms with Gasteiger partial charge in [-0.2, -0.15) is 5.10 Å². The highest BCUT2D eigenvalue weighted by Crippen LogP contribution is 2.17. The molecule has 4 nitrogen and oxygen atoms in total. The average Bonchev–Trinajstić information content (AvgIpc) is 2.78. The number of rotatable bonds is 4. The molecule has 1 aliphatic heterocycles. The first-order valence-electron chi connectivity index (χ1n) is 6.08. The van der Waals surface area contributed by atoms with E-state index in [1.807, 2.05) is 10.9 Å². The third-order valence-corrected chi connectivity index (χ3v) is 3.08. The summed E-state index contributed by atoms with van der Waals surface area (Å²) >= 11 is 0. The number of ketones is 1. The molecule has 16 heavy (non-hydrogen) atoms. The van der Waals surface area contributed by atoms with E-state index in [0.29, 0.717) is 0 Å². The first kappa shape index (κ1) is 11.3. The van der Waals surface area contributed by atoms with Crippen molar-refractivity contribution in [2.24, 2.45) is 5.92 Å². The highest BCUT2D eigenvalue weighted by molar-refractivity contribution is 5.97. The number of aryl methyl sites for hydroxylation is 1. The van der Waals surface area contributed by atoms with Gasteiger partial charge in [0.2, 0.25) is 0 Å². The van der Waals surface area contributed by atoms with Crippen molar-refractivity contribution in [3.05, 3.63) is 18.0 Å². The van der Waals surface area contributed by atoms with E-state index in [1.165, 1.54) is 0 Å². The Labute approximate surface area is 96.0 Å². The fraction of sp³-hybridized carbons (Fsp3) is 0.667. The Morgan fingerprint density at radius 3 is 3.00 bits per heavy atom. The lowest BCUT2D eigenvalue weighted by Crippen LogP contribution is -2.31. The first-order chi connectivity index (χ1) is 7.81. The Balaban J connectivity index is 2.01. The van der Waals surface area contributed by atoms with Crippen LogP contribution in [0.1, 0.15) is 36.5 Å². The van der Waals surface area contributed by atoms with E-state index in [9.17, 15) is 4.79 Å². The van der Waals surface area contributed by atoms with Gasteiger partial charge in [0.25, 0.3) is 0 Å². The third kappa shape index (κ3) is 2.50. The Morgan fingerprint density at radius 2 is 2.31 bits per heavy atom. The summed E-state index contributed by atoms with van der Waals surface area (Å²) in [5.74, 6) is 0.462. The zero-order chi connectivity index (χ0) is 11.4. The van der Waals surface area contributed by atoms with Gasteiger partial charge in [-0.3, -0.25) is 9.48 Å². The maximum absolute atomic E-state index is 12.1.